The second kappa shape index (κ2) is 9.93. The third kappa shape index (κ3) is 4.46. The summed E-state index contributed by atoms with van der Waals surface area (Å²) in [5.74, 6) is 0.377. The van der Waals surface area contributed by atoms with E-state index in [0.717, 1.165) is 5.56 Å². The normalized spacial score (nSPS) is 15.6. The van der Waals surface area contributed by atoms with Crippen LogP contribution in [-0.2, 0) is 9.53 Å². The van der Waals surface area contributed by atoms with Crippen molar-refractivity contribution in [2.45, 2.75) is 19.9 Å². The topological polar surface area (TPSA) is 73.8 Å². The van der Waals surface area contributed by atoms with Crippen molar-refractivity contribution in [2.75, 3.05) is 6.61 Å². The van der Waals surface area contributed by atoms with Crippen molar-refractivity contribution in [3.05, 3.63) is 113 Å². The number of fused-ring (bicyclic) bond motifs is 1. The third-order valence-corrected chi connectivity index (χ3v) is 7.44. The number of thiazole rings is 1. The first-order valence-corrected chi connectivity index (χ1v) is 12.7. The van der Waals surface area contributed by atoms with Crippen molar-refractivity contribution < 1.29 is 13.9 Å². The van der Waals surface area contributed by atoms with Gasteiger partial charge in [-0.25, -0.2) is 9.79 Å². The third-order valence-electron chi connectivity index (χ3n) is 5.71. The molecule has 0 unspecified atom stereocenters. The number of ether oxygens (including phenoxy) is 1. The van der Waals surface area contributed by atoms with Crippen LogP contribution in [0.2, 0.25) is 10.0 Å². The molecule has 5 rings (SSSR count). The zero-order chi connectivity index (χ0) is 25.4. The minimum atomic E-state index is -0.838. The van der Waals surface area contributed by atoms with Crippen LogP contribution in [0.15, 0.2) is 86.1 Å². The fourth-order valence-electron chi connectivity index (χ4n) is 4.07. The SMILES string of the molecule is CCOC(=O)C1=C(C)N=c2s/c(=C\c3ccccc3)c(=O)n2[C@H]1c1ccc(-c2ccc(Cl)c(Cl)c2)o1. The van der Waals surface area contributed by atoms with Gasteiger partial charge < -0.3 is 9.15 Å². The molecule has 4 aromatic rings. The maximum absolute atomic E-state index is 13.6. The van der Waals surface area contributed by atoms with Crippen LogP contribution in [-0.4, -0.2) is 17.1 Å². The molecule has 0 saturated carbocycles. The zero-order valence-electron chi connectivity index (χ0n) is 19.3. The molecule has 2 aromatic carbocycles. The van der Waals surface area contributed by atoms with Crippen molar-refractivity contribution in [2.24, 2.45) is 4.99 Å². The van der Waals surface area contributed by atoms with E-state index in [4.69, 9.17) is 32.4 Å². The van der Waals surface area contributed by atoms with Gasteiger partial charge in [-0.2, -0.15) is 0 Å². The quantitative estimate of drug-likeness (QED) is 0.320. The molecule has 3 heterocycles. The number of hydrogen-bond acceptors (Lipinski definition) is 6. The molecule has 0 bridgehead atoms. The average molecular weight is 539 g/mol. The fourth-order valence-corrected chi connectivity index (χ4v) is 5.41. The van der Waals surface area contributed by atoms with E-state index in [-0.39, 0.29) is 17.7 Å². The van der Waals surface area contributed by atoms with Crippen LogP contribution in [0.4, 0.5) is 0 Å². The Labute approximate surface area is 220 Å². The Kier molecular flexibility index (Phi) is 6.71. The summed E-state index contributed by atoms with van der Waals surface area (Å²) in [7, 11) is 0. The first-order valence-electron chi connectivity index (χ1n) is 11.2. The second-order valence-corrected chi connectivity index (χ2v) is 9.87. The Morgan fingerprint density at radius 2 is 1.92 bits per heavy atom. The number of carbonyl (C=O) groups is 1. The molecule has 182 valence electrons. The van der Waals surface area contributed by atoms with Crippen molar-refractivity contribution in [1.82, 2.24) is 4.57 Å². The van der Waals surface area contributed by atoms with Gasteiger partial charge in [-0.3, -0.25) is 9.36 Å². The summed E-state index contributed by atoms with van der Waals surface area (Å²) in [6, 6.07) is 17.4. The van der Waals surface area contributed by atoms with E-state index >= 15 is 0 Å². The number of halogens is 2. The summed E-state index contributed by atoms with van der Waals surface area (Å²) in [6.07, 6.45) is 1.81. The van der Waals surface area contributed by atoms with Crippen molar-refractivity contribution >= 4 is 46.6 Å². The summed E-state index contributed by atoms with van der Waals surface area (Å²) in [5.41, 5.74) is 2.06. The van der Waals surface area contributed by atoms with Gasteiger partial charge >= 0.3 is 5.97 Å². The van der Waals surface area contributed by atoms with Crippen molar-refractivity contribution in [3.63, 3.8) is 0 Å². The first kappa shape index (κ1) is 24.3. The van der Waals surface area contributed by atoms with Gasteiger partial charge in [0.1, 0.15) is 17.6 Å². The van der Waals surface area contributed by atoms with Gasteiger partial charge in [0.2, 0.25) is 0 Å². The summed E-state index contributed by atoms with van der Waals surface area (Å²) in [5, 5.41) is 0.824. The summed E-state index contributed by atoms with van der Waals surface area (Å²) >= 11 is 13.5. The summed E-state index contributed by atoms with van der Waals surface area (Å²) in [4.78, 5) is 31.7. The minimum Gasteiger partial charge on any atom is -0.463 e. The Morgan fingerprint density at radius 1 is 1.14 bits per heavy atom. The number of benzene rings is 2. The van der Waals surface area contributed by atoms with Crippen LogP contribution in [0.3, 0.4) is 0 Å². The maximum atomic E-state index is 13.6. The monoisotopic (exact) mass is 538 g/mol. The number of carbonyl (C=O) groups excluding carboxylic acids is 1. The first-order chi connectivity index (χ1) is 17.4. The zero-order valence-corrected chi connectivity index (χ0v) is 21.7. The van der Waals surface area contributed by atoms with Crippen LogP contribution >= 0.6 is 34.5 Å². The lowest BCUT2D eigenvalue weighted by atomic mass is 10.0. The number of allylic oxidation sites excluding steroid dienone is 1. The Morgan fingerprint density at radius 3 is 2.64 bits per heavy atom. The highest BCUT2D eigenvalue weighted by molar-refractivity contribution is 7.07. The molecular formula is C27H20Cl2N2O4S. The molecule has 0 saturated heterocycles. The molecule has 6 nitrogen and oxygen atoms in total. The molecule has 2 aromatic heterocycles. The maximum Gasteiger partial charge on any atom is 0.338 e. The Hall–Kier alpha value is -3.39. The molecule has 0 fully saturated rings. The van der Waals surface area contributed by atoms with E-state index in [1.807, 2.05) is 36.4 Å². The lowest BCUT2D eigenvalue weighted by Gasteiger charge is -2.22. The Bertz CT molecular complexity index is 1680. The van der Waals surface area contributed by atoms with E-state index in [2.05, 4.69) is 4.99 Å². The number of aromatic nitrogens is 1. The van der Waals surface area contributed by atoms with Crippen LogP contribution in [0.25, 0.3) is 17.4 Å². The van der Waals surface area contributed by atoms with Gasteiger partial charge in [0, 0.05) is 5.56 Å². The average Bonchev–Trinajstić information content (AvgIpc) is 3.46. The van der Waals surface area contributed by atoms with Gasteiger partial charge in [-0.15, -0.1) is 0 Å². The largest absolute Gasteiger partial charge is 0.463 e. The predicted molar refractivity (Wildman–Crippen MR) is 141 cm³/mol. The molecule has 1 atom stereocenters. The predicted octanol–water partition coefficient (Wildman–Crippen LogP) is 5.37. The fraction of sp³-hybridized carbons (Fsp3) is 0.148. The van der Waals surface area contributed by atoms with Crippen LogP contribution in [0.5, 0.6) is 0 Å². The van der Waals surface area contributed by atoms with Gasteiger partial charge in [0.05, 0.1) is 32.5 Å². The molecule has 9 heteroatoms. The summed E-state index contributed by atoms with van der Waals surface area (Å²) in [6.45, 7) is 3.65. The van der Waals surface area contributed by atoms with Crippen LogP contribution in [0, 0.1) is 0 Å². The smallest absolute Gasteiger partial charge is 0.338 e. The highest BCUT2D eigenvalue weighted by atomic mass is 35.5. The van der Waals surface area contributed by atoms with E-state index in [0.29, 0.717) is 42.2 Å². The molecule has 0 amide bonds. The lowest BCUT2D eigenvalue weighted by molar-refractivity contribution is -0.139. The van der Waals surface area contributed by atoms with E-state index in [1.165, 1.54) is 15.9 Å². The minimum absolute atomic E-state index is 0.188. The number of rotatable bonds is 5. The number of nitrogens with zero attached hydrogens (tertiary/aromatic N) is 2. The molecule has 36 heavy (non-hydrogen) atoms. The van der Waals surface area contributed by atoms with E-state index in [1.54, 1.807) is 44.2 Å². The summed E-state index contributed by atoms with van der Waals surface area (Å²) < 4.78 is 13.5. The Balaban J connectivity index is 1.69. The van der Waals surface area contributed by atoms with Crippen LogP contribution in [0.1, 0.15) is 31.2 Å². The van der Waals surface area contributed by atoms with Crippen molar-refractivity contribution in [1.29, 1.82) is 0 Å². The second-order valence-electron chi connectivity index (χ2n) is 8.04. The standard InChI is InChI=1S/C27H20Cl2N2O4S/c1-3-34-26(33)23-15(2)30-27-31(25(32)22(36-27)13-16-7-5-4-6-8-16)24(23)21-12-11-20(35-21)17-9-10-18(28)19(29)14-17/h4-14,24H,3H2,1-2H3/b22-13-/t24-/m0/s1. The van der Waals surface area contributed by atoms with Gasteiger partial charge in [0.25, 0.3) is 5.56 Å². The van der Waals surface area contributed by atoms with Crippen molar-refractivity contribution in [3.8, 4) is 11.3 Å². The van der Waals surface area contributed by atoms with Crippen LogP contribution < -0.4 is 14.9 Å². The number of furan rings is 1. The highest BCUT2D eigenvalue weighted by Gasteiger charge is 2.35. The van der Waals surface area contributed by atoms with Gasteiger partial charge in [-0.05, 0) is 55.8 Å². The van der Waals surface area contributed by atoms with Gasteiger partial charge in [0.15, 0.2) is 4.80 Å². The molecule has 1 aliphatic heterocycles. The molecule has 0 N–H and O–H groups in total. The van der Waals surface area contributed by atoms with E-state index < -0.39 is 12.0 Å². The lowest BCUT2D eigenvalue weighted by Crippen LogP contribution is -2.39. The molecule has 1 aliphatic rings. The number of esters is 1. The van der Waals surface area contributed by atoms with Gasteiger partial charge in [-0.1, -0.05) is 64.9 Å². The molecule has 0 radical (unpaired) electrons. The number of hydrogen-bond donors (Lipinski definition) is 0. The molecule has 0 spiro atoms. The van der Waals surface area contributed by atoms with E-state index in [9.17, 15) is 9.59 Å². The molecule has 0 aliphatic carbocycles. The highest BCUT2D eigenvalue weighted by Crippen LogP contribution is 2.35. The molecular weight excluding hydrogens is 519 g/mol.